The molecule has 2 fully saturated rings. The average molecular weight is 272 g/mol. The average Bonchev–Trinajstić information content (AvgIpc) is 3.04. The van der Waals surface area contributed by atoms with Crippen LogP contribution in [0.4, 0.5) is 0 Å². The Morgan fingerprint density at radius 1 is 1.39 bits per heavy atom. The maximum Gasteiger partial charge on any atom is 0.274 e. The van der Waals surface area contributed by atoms with Crippen LogP contribution in [-0.4, -0.2) is 26.7 Å². The maximum absolute atomic E-state index is 12.1. The minimum atomic E-state index is -3.61. The van der Waals surface area contributed by atoms with Crippen LogP contribution in [0, 0.1) is 0 Å². The topological polar surface area (TPSA) is 94.6 Å². The molecule has 7 heteroatoms. The van der Waals surface area contributed by atoms with Crippen molar-refractivity contribution in [1.29, 1.82) is 0 Å². The zero-order valence-corrected chi connectivity index (χ0v) is 10.7. The van der Waals surface area contributed by atoms with Crippen LogP contribution in [0.5, 0.6) is 0 Å². The van der Waals surface area contributed by atoms with E-state index in [1.54, 1.807) is 6.07 Å². The molecule has 18 heavy (non-hydrogen) atoms. The summed E-state index contributed by atoms with van der Waals surface area (Å²) in [6, 6.07) is 2.87. The van der Waals surface area contributed by atoms with Gasteiger partial charge in [0.2, 0.25) is 5.09 Å². The van der Waals surface area contributed by atoms with E-state index in [1.165, 1.54) is 6.07 Å². The first-order valence-electron chi connectivity index (χ1n) is 6.05. The predicted molar refractivity (Wildman–Crippen MR) is 63.2 cm³/mol. The molecule has 6 nitrogen and oxygen atoms in total. The molecule has 2 aliphatic rings. The smallest absolute Gasteiger partial charge is 0.274 e. The van der Waals surface area contributed by atoms with Crippen LogP contribution in [0.3, 0.4) is 0 Å². The van der Waals surface area contributed by atoms with Gasteiger partial charge in [0, 0.05) is 0 Å². The highest BCUT2D eigenvalue weighted by atomic mass is 32.2. The first-order chi connectivity index (χ1) is 8.58. The monoisotopic (exact) mass is 272 g/mol. The summed E-state index contributed by atoms with van der Waals surface area (Å²) >= 11 is 0. The SMILES string of the molecule is NCc1ccc(S(=O)(=O)NC2CC3CCC2O3)o1. The van der Waals surface area contributed by atoms with Crippen molar-refractivity contribution in [3.8, 4) is 0 Å². The number of nitrogens with two attached hydrogens (primary N) is 1. The first-order valence-corrected chi connectivity index (χ1v) is 7.53. The lowest BCUT2D eigenvalue weighted by molar-refractivity contribution is 0.0995. The van der Waals surface area contributed by atoms with Crippen molar-refractivity contribution >= 4 is 10.0 Å². The fourth-order valence-corrected chi connectivity index (χ4v) is 3.86. The number of furan rings is 1. The van der Waals surface area contributed by atoms with Gasteiger partial charge in [0.1, 0.15) is 5.76 Å². The summed E-state index contributed by atoms with van der Waals surface area (Å²) < 4.78 is 37.6. The van der Waals surface area contributed by atoms with E-state index in [1.807, 2.05) is 0 Å². The Morgan fingerprint density at radius 2 is 2.22 bits per heavy atom. The number of sulfonamides is 1. The molecular formula is C11H16N2O4S. The molecule has 3 rings (SSSR count). The largest absolute Gasteiger partial charge is 0.447 e. The van der Waals surface area contributed by atoms with Crippen LogP contribution in [0.25, 0.3) is 0 Å². The van der Waals surface area contributed by atoms with Crippen molar-refractivity contribution in [3.63, 3.8) is 0 Å². The highest BCUT2D eigenvalue weighted by Gasteiger charge is 2.42. The van der Waals surface area contributed by atoms with Gasteiger partial charge in [0.05, 0.1) is 24.8 Å². The molecule has 0 aliphatic carbocycles. The summed E-state index contributed by atoms with van der Waals surface area (Å²) in [5.41, 5.74) is 5.39. The van der Waals surface area contributed by atoms with E-state index in [0.717, 1.165) is 19.3 Å². The molecular weight excluding hydrogens is 256 g/mol. The fraction of sp³-hybridized carbons (Fsp3) is 0.636. The number of nitrogens with one attached hydrogen (secondary N) is 1. The van der Waals surface area contributed by atoms with Crippen LogP contribution >= 0.6 is 0 Å². The number of ether oxygens (including phenoxy) is 1. The molecule has 1 aromatic heterocycles. The molecule has 0 amide bonds. The molecule has 0 spiro atoms. The molecule has 0 aromatic carbocycles. The Hall–Kier alpha value is -0.890. The first kappa shape index (κ1) is 12.2. The standard InChI is InChI=1S/C11H16N2O4S/c12-6-8-2-4-11(17-8)18(14,15)13-9-5-7-1-3-10(9)16-7/h2,4,7,9-10,13H,1,3,5-6,12H2. The molecule has 2 saturated heterocycles. The Morgan fingerprint density at radius 3 is 2.78 bits per heavy atom. The van der Waals surface area contributed by atoms with Gasteiger partial charge in [0.25, 0.3) is 10.0 Å². The van der Waals surface area contributed by atoms with Gasteiger partial charge < -0.3 is 14.9 Å². The molecule has 2 bridgehead atoms. The van der Waals surface area contributed by atoms with E-state index in [0.29, 0.717) is 5.76 Å². The molecule has 3 atom stereocenters. The summed E-state index contributed by atoms with van der Waals surface area (Å²) in [7, 11) is -3.61. The number of hydrogen-bond acceptors (Lipinski definition) is 5. The summed E-state index contributed by atoms with van der Waals surface area (Å²) in [5.74, 6) is 0.458. The second kappa shape index (κ2) is 4.34. The summed E-state index contributed by atoms with van der Waals surface area (Å²) in [4.78, 5) is 0. The Labute approximate surface area is 106 Å². The summed E-state index contributed by atoms with van der Waals surface area (Å²) in [6.45, 7) is 0.187. The molecule has 3 N–H and O–H groups in total. The Bertz CT molecular complexity index is 539. The van der Waals surface area contributed by atoms with Gasteiger partial charge in [-0.05, 0) is 31.4 Å². The number of fused-ring (bicyclic) bond motifs is 2. The minimum absolute atomic E-state index is 0.00807. The number of hydrogen-bond donors (Lipinski definition) is 2. The molecule has 3 unspecified atom stereocenters. The highest BCUT2D eigenvalue weighted by molar-refractivity contribution is 7.89. The second-order valence-electron chi connectivity index (χ2n) is 4.76. The van der Waals surface area contributed by atoms with Gasteiger partial charge in [-0.2, -0.15) is 0 Å². The summed E-state index contributed by atoms with van der Waals surface area (Å²) in [6.07, 6.45) is 2.91. The molecule has 100 valence electrons. The normalized spacial score (nSPS) is 31.1. The van der Waals surface area contributed by atoms with E-state index in [2.05, 4.69) is 4.72 Å². The molecule has 1 aromatic rings. The van der Waals surface area contributed by atoms with Crippen molar-refractivity contribution in [1.82, 2.24) is 4.72 Å². The van der Waals surface area contributed by atoms with Crippen molar-refractivity contribution in [3.05, 3.63) is 17.9 Å². The third-order valence-electron chi connectivity index (χ3n) is 3.52. The van der Waals surface area contributed by atoms with E-state index in [4.69, 9.17) is 14.9 Å². The van der Waals surface area contributed by atoms with Gasteiger partial charge in [-0.25, -0.2) is 13.1 Å². The molecule has 0 saturated carbocycles. The van der Waals surface area contributed by atoms with E-state index >= 15 is 0 Å². The predicted octanol–water partition coefficient (Wildman–Crippen LogP) is 0.337. The van der Waals surface area contributed by atoms with Gasteiger partial charge in [-0.3, -0.25) is 0 Å². The van der Waals surface area contributed by atoms with Crippen molar-refractivity contribution in [2.45, 2.75) is 49.1 Å². The summed E-state index contributed by atoms with van der Waals surface area (Å²) in [5, 5.41) is -0.0780. The van der Waals surface area contributed by atoms with E-state index in [-0.39, 0.29) is 29.9 Å². The van der Waals surface area contributed by atoms with Gasteiger partial charge in [-0.1, -0.05) is 0 Å². The third-order valence-corrected chi connectivity index (χ3v) is 4.88. The van der Waals surface area contributed by atoms with Crippen LogP contribution in [0.15, 0.2) is 21.6 Å². The fourth-order valence-electron chi connectivity index (χ4n) is 2.63. The van der Waals surface area contributed by atoms with Crippen LogP contribution in [-0.2, 0) is 21.3 Å². The van der Waals surface area contributed by atoms with Crippen molar-refractivity contribution in [2.75, 3.05) is 0 Å². The zero-order chi connectivity index (χ0) is 12.8. The lowest BCUT2D eigenvalue weighted by Gasteiger charge is -2.18. The second-order valence-corrected chi connectivity index (χ2v) is 6.41. The van der Waals surface area contributed by atoms with Gasteiger partial charge >= 0.3 is 0 Å². The van der Waals surface area contributed by atoms with Crippen LogP contribution in [0.1, 0.15) is 25.0 Å². The van der Waals surface area contributed by atoms with Crippen molar-refractivity contribution < 1.29 is 17.6 Å². The van der Waals surface area contributed by atoms with Gasteiger partial charge in [0.15, 0.2) is 0 Å². The van der Waals surface area contributed by atoms with E-state index < -0.39 is 10.0 Å². The molecule has 0 radical (unpaired) electrons. The lowest BCUT2D eigenvalue weighted by Crippen LogP contribution is -2.41. The highest BCUT2D eigenvalue weighted by Crippen LogP contribution is 2.35. The Balaban J connectivity index is 1.75. The van der Waals surface area contributed by atoms with Gasteiger partial charge in [-0.15, -0.1) is 0 Å². The lowest BCUT2D eigenvalue weighted by atomic mass is 9.96. The molecule has 2 aliphatic heterocycles. The van der Waals surface area contributed by atoms with Crippen LogP contribution < -0.4 is 10.5 Å². The van der Waals surface area contributed by atoms with E-state index in [9.17, 15) is 8.42 Å². The maximum atomic E-state index is 12.1. The molecule has 3 heterocycles. The minimum Gasteiger partial charge on any atom is -0.447 e. The third kappa shape index (κ3) is 2.07. The zero-order valence-electron chi connectivity index (χ0n) is 9.83. The Kier molecular flexibility index (Phi) is 2.93. The van der Waals surface area contributed by atoms with Crippen molar-refractivity contribution in [2.24, 2.45) is 5.73 Å². The number of rotatable bonds is 4. The van der Waals surface area contributed by atoms with Crippen LogP contribution in [0.2, 0.25) is 0 Å². The quantitative estimate of drug-likeness (QED) is 0.824.